The fraction of sp³-hybridized carbons (Fsp3) is 0.263. The van der Waals surface area contributed by atoms with E-state index in [1.165, 1.54) is 0 Å². The van der Waals surface area contributed by atoms with E-state index in [1.54, 1.807) is 37.3 Å². The fourth-order valence-electron chi connectivity index (χ4n) is 2.95. The van der Waals surface area contributed by atoms with E-state index < -0.39 is 5.92 Å². The van der Waals surface area contributed by atoms with Crippen molar-refractivity contribution >= 4 is 55.0 Å². The number of rotatable bonds is 5. The highest BCUT2D eigenvalue weighted by Crippen LogP contribution is 2.36. The Balaban J connectivity index is 1.79. The van der Waals surface area contributed by atoms with Gasteiger partial charge in [-0.1, -0.05) is 15.9 Å². The zero-order chi connectivity index (χ0) is 19.6. The molecule has 142 valence electrons. The van der Waals surface area contributed by atoms with Crippen molar-refractivity contribution < 1.29 is 19.1 Å². The molecule has 1 aliphatic heterocycles. The van der Waals surface area contributed by atoms with Gasteiger partial charge in [0.15, 0.2) is 0 Å². The molecule has 2 aromatic carbocycles. The van der Waals surface area contributed by atoms with Crippen molar-refractivity contribution in [3.63, 3.8) is 0 Å². The molecule has 1 fully saturated rings. The summed E-state index contributed by atoms with van der Waals surface area (Å²) in [5, 5.41) is 2.89. The minimum absolute atomic E-state index is 0.130. The van der Waals surface area contributed by atoms with Gasteiger partial charge in [-0.05, 0) is 46.3 Å². The Hall–Kier alpha value is -2.06. The molecule has 0 saturated carbocycles. The van der Waals surface area contributed by atoms with Crippen molar-refractivity contribution in [2.24, 2.45) is 5.92 Å². The summed E-state index contributed by atoms with van der Waals surface area (Å²) in [6.45, 7) is 0.278. The van der Waals surface area contributed by atoms with Gasteiger partial charge in [-0.15, -0.1) is 0 Å². The van der Waals surface area contributed by atoms with Crippen LogP contribution in [0.4, 0.5) is 11.4 Å². The zero-order valence-electron chi connectivity index (χ0n) is 14.8. The number of methoxy groups -OCH3 is 2. The zero-order valence-corrected chi connectivity index (χ0v) is 18.0. The standard InChI is InChI=1S/C19H18Br2N2O4/c1-26-13-4-6-17(27-2)16(9-13)23-10-11(7-18(23)24)19(25)22-15-8-12(20)3-5-14(15)21/h3-6,8-9,11H,7,10H2,1-2H3,(H,22,25). The molecule has 1 N–H and O–H groups in total. The predicted molar refractivity (Wildman–Crippen MR) is 110 cm³/mol. The van der Waals surface area contributed by atoms with Crippen LogP contribution in [0.2, 0.25) is 0 Å². The van der Waals surface area contributed by atoms with Gasteiger partial charge in [0.2, 0.25) is 11.8 Å². The van der Waals surface area contributed by atoms with Crippen molar-refractivity contribution in [2.45, 2.75) is 6.42 Å². The molecule has 2 aromatic rings. The average Bonchev–Trinajstić information content (AvgIpc) is 3.05. The number of benzene rings is 2. The number of nitrogens with one attached hydrogen (secondary N) is 1. The van der Waals surface area contributed by atoms with Gasteiger partial charge in [0.05, 0.1) is 31.5 Å². The van der Waals surface area contributed by atoms with Crippen molar-refractivity contribution in [3.05, 3.63) is 45.3 Å². The lowest BCUT2D eigenvalue weighted by Gasteiger charge is -2.20. The van der Waals surface area contributed by atoms with Crippen LogP contribution >= 0.6 is 31.9 Å². The Labute approximate surface area is 174 Å². The average molecular weight is 498 g/mol. The van der Waals surface area contributed by atoms with Crippen LogP contribution in [0.25, 0.3) is 0 Å². The molecule has 0 spiro atoms. The second kappa shape index (κ2) is 8.31. The second-order valence-corrected chi connectivity index (χ2v) is 7.83. The molecule has 1 heterocycles. The first-order chi connectivity index (χ1) is 12.9. The highest BCUT2D eigenvalue weighted by Gasteiger charge is 2.36. The van der Waals surface area contributed by atoms with Gasteiger partial charge in [-0.3, -0.25) is 9.59 Å². The maximum Gasteiger partial charge on any atom is 0.229 e. The van der Waals surface area contributed by atoms with Crippen LogP contribution in [-0.4, -0.2) is 32.6 Å². The van der Waals surface area contributed by atoms with E-state index in [0.717, 1.165) is 8.95 Å². The lowest BCUT2D eigenvalue weighted by atomic mass is 10.1. The van der Waals surface area contributed by atoms with Crippen LogP contribution in [-0.2, 0) is 9.59 Å². The molecule has 0 bridgehead atoms. The van der Waals surface area contributed by atoms with Crippen molar-refractivity contribution in [1.82, 2.24) is 0 Å². The van der Waals surface area contributed by atoms with Crippen molar-refractivity contribution in [3.8, 4) is 11.5 Å². The van der Waals surface area contributed by atoms with Crippen LogP contribution < -0.4 is 19.7 Å². The molecular weight excluding hydrogens is 480 g/mol. The summed E-state index contributed by atoms with van der Waals surface area (Å²) in [5.41, 5.74) is 1.25. The van der Waals surface area contributed by atoms with Gasteiger partial charge in [0.1, 0.15) is 11.5 Å². The van der Waals surface area contributed by atoms with Crippen LogP contribution in [0.3, 0.4) is 0 Å². The van der Waals surface area contributed by atoms with Crippen LogP contribution in [0.5, 0.6) is 11.5 Å². The Kier molecular flexibility index (Phi) is 6.06. The first-order valence-corrected chi connectivity index (χ1v) is 9.80. The summed E-state index contributed by atoms with van der Waals surface area (Å²) in [6.07, 6.45) is 0.137. The number of hydrogen-bond acceptors (Lipinski definition) is 4. The van der Waals surface area contributed by atoms with Crippen LogP contribution in [0, 0.1) is 5.92 Å². The van der Waals surface area contributed by atoms with Gasteiger partial charge in [0, 0.05) is 28.0 Å². The number of hydrogen-bond donors (Lipinski definition) is 1. The van der Waals surface area contributed by atoms with Crippen molar-refractivity contribution in [2.75, 3.05) is 31.0 Å². The van der Waals surface area contributed by atoms with Gasteiger partial charge in [-0.25, -0.2) is 0 Å². The molecule has 3 rings (SSSR count). The fourth-order valence-corrected chi connectivity index (χ4v) is 3.66. The van der Waals surface area contributed by atoms with Gasteiger partial charge in [0.25, 0.3) is 0 Å². The first kappa shape index (κ1) is 19.7. The van der Waals surface area contributed by atoms with Gasteiger partial charge >= 0.3 is 0 Å². The van der Waals surface area contributed by atoms with E-state index in [9.17, 15) is 9.59 Å². The third kappa shape index (κ3) is 4.27. The van der Waals surface area contributed by atoms with Crippen LogP contribution in [0.15, 0.2) is 45.3 Å². The molecule has 1 atom stereocenters. The number of carbonyl (C=O) groups is 2. The quantitative estimate of drug-likeness (QED) is 0.671. The second-order valence-electron chi connectivity index (χ2n) is 6.06. The number of nitrogens with zero attached hydrogens (tertiary/aromatic N) is 1. The van der Waals surface area contributed by atoms with Gasteiger partial charge in [-0.2, -0.15) is 0 Å². The Morgan fingerprint density at radius 1 is 1.15 bits per heavy atom. The summed E-state index contributed by atoms with van der Waals surface area (Å²) in [7, 11) is 3.10. The summed E-state index contributed by atoms with van der Waals surface area (Å²) < 4.78 is 12.2. The summed E-state index contributed by atoms with van der Waals surface area (Å²) in [6, 6.07) is 10.8. The molecule has 1 unspecified atom stereocenters. The predicted octanol–water partition coefficient (Wildman–Crippen LogP) is 4.22. The molecule has 8 heteroatoms. The molecule has 0 aromatic heterocycles. The van der Waals surface area contributed by atoms with E-state index in [2.05, 4.69) is 37.2 Å². The third-order valence-electron chi connectivity index (χ3n) is 4.36. The normalized spacial score (nSPS) is 16.4. The Morgan fingerprint density at radius 3 is 2.63 bits per heavy atom. The Bertz CT molecular complexity index is 888. The molecule has 1 aliphatic rings. The van der Waals surface area contributed by atoms with E-state index in [-0.39, 0.29) is 24.8 Å². The molecule has 6 nitrogen and oxygen atoms in total. The molecule has 1 saturated heterocycles. The smallest absolute Gasteiger partial charge is 0.229 e. The molecular formula is C19H18Br2N2O4. The third-order valence-corrected chi connectivity index (χ3v) is 5.54. The van der Waals surface area contributed by atoms with E-state index >= 15 is 0 Å². The number of anilines is 2. The largest absolute Gasteiger partial charge is 0.497 e. The number of ether oxygens (including phenoxy) is 2. The summed E-state index contributed by atoms with van der Waals surface area (Å²) >= 11 is 6.81. The first-order valence-electron chi connectivity index (χ1n) is 8.21. The minimum Gasteiger partial charge on any atom is -0.497 e. The molecule has 27 heavy (non-hydrogen) atoms. The highest BCUT2D eigenvalue weighted by atomic mass is 79.9. The van der Waals surface area contributed by atoms with E-state index in [0.29, 0.717) is 22.9 Å². The lowest BCUT2D eigenvalue weighted by Crippen LogP contribution is -2.28. The summed E-state index contributed by atoms with van der Waals surface area (Å²) in [5.74, 6) is 0.380. The SMILES string of the molecule is COc1ccc(OC)c(N2CC(C(=O)Nc3cc(Br)ccc3Br)CC2=O)c1. The minimum atomic E-state index is -0.459. The number of amides is 2. The van der Waals surface area contributed by atoms with Crippen LogP contribution in [0.1, 0.15) is 6.42 Å². The highest BCUT2D eigenvalue weighted by molar-refractivity contribution is 9.11. The molecule has 0 radical (unpaired) electrons. The monoisotopic (exact) mass is 496 g/mol. The lowest BCUT2D eigenvalue weighted by molar-refractivity contribution is -0.122. The van der Waals surface area contributed by atoms with E-state index in [4.69, 9.17) is 9.47 Å². The van der Waals surface area contributed by atoms with Crippen molar-refractivity contribution in [1.29, 1.82) is 0 Å². The topological polar surface area (TPSA) is 67.9 Å². The maximum absolute atomic E-state index is 12.7. The van der Waals surface area contributed by atoms with E-state index in [1.807, 2.05) is 18.2 Å². The number of carbonyl (C=O) groups excluding carboxylic acids is 2. The number of halogens is 2. The maximum atomic E-state index is 12.7. The summed E-state index contributed by atoms with van der Waals surface area (Å²) in [4.78, 5) is 26.8. The molecule has 2 amide bonds. The van der Waals surface area contributed by atoms with Gasteiger partial charge < -0.3 is 19.7 Å². The Morgan fingerprint density at radius 2 is 1.93 bits per heavy atom. The molecule has 0 aliphatic carbocycles.